The Morgan fingerprint density at radius 1 is 1.04 bits per heavy atom. The van der Waals surface area contributed by atoms with E-state index in [1.165, 1.54) is 6.92 Å². The molecule has 2 aliphatic heterocycles. The summed E-state index contributed by atoms with van der Waals surface area (Å²) < 4.78 is 5.43. The molecule has 1 aromatic rings. The molecule has 152 valence electrons. The van der Waals surface area contributed by atoms with Gasteiger partial charge in [-0.3, -0.25) is 9.59 Å². The van der Waals surface area contributed by atoms with Gasteiger partial charge in [-0.15, -0.1) is 0 Å². The zero-order valence-electron chi connectivity index (χ0n) is 16.9. The van der Waals surface area contributed by atoms with Gasteiger partial charge in [-0.2, -0.15) is 5.06 Å². The van der Waals surface area contributed by atoms with Crippen LogP contribution in [0.2, 0.25) is 0 Å². The Morgan fingerprint density at radius 3 is 2.32 bits per heavy atom. The van der Waals surface area contributed by atoms with Gasteiger partial charge in [0.05, 0.1) is 6.54 Å². The maximum Gasteiger partial charge on any atom is 0.410 e. The average molecular weight is 389 g/mol. The van der Waals surface area contributed by atoms with E-state index in [1.54, 1.807) is 4.90 Å². The predicted molar refractivity (Wildman–Crippen MR) is 103 cm³/mol. The molecule has 8 nitrogen and oxygen atoms in total. The molecule has 1 fully saturated rings. The second kappa shape index (κ2) is 7.69. The van der Waals surface area contributed by atoms with Crippen molar-refractivity contribution < 1.29 is 24.0 Å². The summed E-state index contributed by atoms with van der Waals surface area (Å²) in [5.41, 5.74) is 1.91. The number of fused-ring (bicyclic) bond motifs is 1. The van der Waals surface area contributed by atoms with Crippen molar-refractivity contribution in [1.82, 2.24) is 9.96 Å². The van der Waals surface area contributed by atoms with E-state index in [0.717, 1.165) is 16.3 Å². The molecule has 2 amide bonds. The number of carbonyl (C=O) groups excluding carboxylic acids is 3. The monoisotopic (exact) mass is 389 g/mol. The molecule has 3 rings (SSSR count). The molecule has 8 heteroatoms. The second-order valence-corrected chi connectivity index (χ2v) is 8.04. The second-order valence-electron chi connectivity index (χ2n) is 8.04. The number of amides is 2. The number of nitrogens with zero attached hydrogens (tertiary/aromatic N) is 3. The molecule has 1 saturated heterocycles. The number of benzene rings is 1. The molecular formula is C20H27N3O5. The van der Waals surface area contributed by atoms with Crippen LogP contribution in [0.1, 0.15) is 43.6 Å². The van der Waals surface area contributed by atoms with E-state index < -0.39 is 11.6 Å². The van der Waals surface area contributed by atoms with Crippen LogP contribution in [0.5, 0.6) is 0 Å². The Hall–Kier alpha value is -2.77. The van der Waals surface area contributed by atoms with Gasteiger partial charge in [0.25, 0.3) is 5.91 Å². The van der Waals surface area contributed by atoms with Crippen molar-refractivity contribution in [2.24, 2.45) is 0 Å². The maximum atomic E-state index is 12.6. The van der Waals surface area contributed by atoms with Gasteiger partial charge in [0.1, 0.15) is 5.60 Å². The van der Waals surface area contributed by atoms with Crippen molar-refractivity contribution >= 4 is 23.7 Å². The van der Waals surface area contributed by atoms with Crippen molar-refractivity contribution in [3.8, 4) is 0 Å². The predicted octanol–water partition coefficient (Wildman–Crippen LogP) is 2.22. The van der Waals surface area contributed by atoms with Crippen molar-refractivity contribution in [1.29, 1.82) is 0 Å². The summed E-state index contributed by atoms with van der Waals surface area (Å²) in [5.74, 6) is -0.808. The van der Waals surface area contributed by atoms with Crippen LogP contribution in [0.15, 0.2) is 18.2 Å². The number of hydrogen-bond donors (Lipinski definition) is 0. The number of anilines is 1. The third-order valence-corrected chi connectivity index (χ3v) is 4.67. The Bertz CT molecular complexity index is 779. The van der Waals surface area contributed by atoms with Crippen LogP contribution >= 0.6 is 0 Å². The topological polar surface area (TPSA) is 79.4 Å². The number of rotatable bonds is 2. The molecule has 0 saturated carbocycles. The fourth-order valence-electron chi connectivity index (χ4n) is 3.35. The molecule has 0 atom stereocenters. The summed E-state index contributed by atoms with van der Waals surface area (Å²) in [6.45, 7) is 9.61. The summed E-state index contributed by atoms with van der Waals surface area (Å²) in [4.78, 5) is 44.9. The van der Waals surface area contributed by atoms with Crippen LogP contribution in [-0.4, -0.2) is 66.3 Å². The van der Waals surface area contributed by atoms with Gasteiger partial charge in [0, 0.05) is 44.4 Å². The van der Waals surface area contributed by atoms with E-state index in [4.69, 9.17) is 9.57 Å². The fourth-order valence-corrected chi connectivity index (χ4v) is 3.35. The first-order valence-corrected chi connectivity index (χ1v) is 9.50. The van der Waals surface area contributed by atoms with Crippen LogP contribution in [0.25, 0.3) is 0 Å². The lowest BCUT2D eigenvalue weighted by Crippen LogP contribution is -2.50. The molecule has 2 aliphatic rings. The largest absolute Gasteiger partial charge is 0.444 e. The maximum absolute atomic E-state index is 12.6. The van der Waals surface area contributed by atoms with Gasteiger partial charge < -0.3 is 19.4 Å². The van der Waals surface area contributed by atoms with E-state index >= 15 is 0 Å². The van der Waals surface area contributed by atoms with E-state index in [-0.39, 0.29) is 12.0 Å². The van der Waals surface area contributed by atoms with Crippen molar-refractivity contribution in [2.45, 2.75) is 39.7 Å². The van der Waals surface area contributed by atoms with Crippen LogP contribution in [0, 0.1) is 0 Å². The summed E-state index contributed by atoms with van der Waals surface area (Å²) >= 11 is 0. The average Bonchev–Trinajstić information content (AvgIpc) is 2.62. The van der Waals surface area contributed by atoms with Gasteiger partial charge in [0.2, 0.25) is 0 Å². The third kappa shape index (κ3) is 4.55. The highest BCUT2D eigenvalue weighted by Crippen LogP contribution is 2.26. The van der Waals surface area contributed by atoms with E-state index in [0.29, 0.717) is 44.7 Å². The minimum atomic E-state index is -0.513. The molecule has 0 bridgehead atoms. The third-order valence-electron chi connectivity index (χ3n) is 4.67. The Kier molecular flexibility index (Phi) is 5.49. The van der Waals surface area contributed by atoms with Gasteiger partial charge in [0.15, 0.2) is 0 Å². The molecule has 0 unspecified atom stereocenters. The van der Waals surface area contributed by atoms with Gasteiger partial charge in [-0.05, 0) is 44.9 Å². The van der Waals surface area contributed by atoms with Crippen molar-refractivity contribution in [3.05, 3.63) is 29.3 Å². The zero-order valence-corrected chi connectivity index (χ0v) is 16.9. The summed E-state index contributed by atoms with van der Waals surface area (Å²) in [7, 11) is 0. The number of ether oxygens (including phenoxy) is 1. The number of hydroxylamine groups is 2. The Labute approximate surface area is 164 Å². The lowest BCUT2D eigenvalue weighted by Gasteiger charge is -2.37. The van der Waals surface area contributed by atoms with Gasteiger partial charge >= 0.3 is 12.1 Å². The lowest BCUT2D eigenvalue weighted by molar-refractivity contribution is -0.175. The highest BCUT2D eigenvalue weighted by atomic mass is 16.7. The Morgan fingerprint density at radius 2 is 1.71 bits per heavy atom. The van der Waals surface area contributed by atoms with Gasteiger partial charge in [-0.1, -0.05) is 6.07 Å². The number of carbonyl (C=O) groups is 3. The van der Waals surface area contributed by atoms with E-state index in [2.05, 4.69) is 4.90 Å². The first kappa shape index (κ1) is 20.0. The quantitative estimate of drug-likeness (QED) is 0.772. The number of piperazine rings is 1. The fraction of sp³-hybridized carbons (Fsp3) is 0.550. The lowest BCUT2D eigenvalue weighted by atomic mass is 9.99. The minimum Gasteiger partial charge on any atom is -0.444 e. The molecule has 0 aromatic heterocycles. The molecule has 1 aromatic carbocycles. The highest BCUT2D eigenvalue weighted by Gasteiger charge is 2.29. The van der Waals surface area contributed by atoms with Gasteiger partial charge in [-0.25, -0.2) is 4.79 Å². The first-order chi connectivity index (χ1) is 13.1. The molecule has 0 radical (unpaired) electrons. The molecule has 2 heterocycles. The molecule has 28 heavy (non-hydrogen) atoms. The minimum absolute atomic E-state index is 0.300. The summed E-state index contributed by atoms with van der Waals surface area (Å²) in [6.07, 6.45) is 0.339. The van der Waals surface area contributed by atoms with Crippen LogP contribution in [-0.2, 0) is 20.8 Å². The van der Waals surface area contributed by atoms with Crippen LogP contribution < -0.4 is 4.90 Å². The van der Waals surface area contributed by atoms with Crippen molar-refractivity contribution in [3.63, 3.8) is 0 Å². The molecule has 0 N–H and O–H groups in total. The summed E-state index contributed by atoms with van der Waals surface area (Å²) in [5, 5.41) is 1.12. The van der Waals surface area contributed by atoms with Crippen LogP contribution in [0.4, 0.5) is 10.5 Å². The van der Waals surface area contributed by atoms with E-state index in [1.807, 2.05) is 39.0 Å². The normalized spacial score (nSPS) is 17.3. The SMILES string of the molecule is CC(=O)ON1CCc2ccc(N3CCN(C(=O)OC(C)(C)C)CC3)cc2C1=O. The summed E-state index contributed by atoms with van der Waals surface area (Å²) in [6, 6.07) is 5.79. The standard InChI is InChI=1S/C20H27N3O5/c1-14(24)28-23-8-7-15-5-6-16(13-17(15)18(23)25)21-9-11-22(12-10-21)19(26)27-20(2,3)4/h5-6,13H,7-12H2,1-4H3. The molecular weight excluding hydrogens is 362 g/mol. The highest BCUT2D eigenvalue weighted by molar-refractivity contribution is 5.97. The zero-order chi connectivity index (χ0) is 20.5. The molecule has 0 spiro atoms. The van der Waals surface area contributed by atoms with Crippen molar-refractivity contribution in [2.75, 3.05) is 37.6 Å². The van der Waals surface area contributed by atoms with Crippen LogP contribution in [0.3, 0.4) is 0 Å². The smallest absolute Gasteiger partial charge is 0.410 e. The van der Waals surface area contributed by atoms with E-state index in [9.17, 15) is 14.4 Å². The number of hydrogen-bond acceptors (Lipinski definition) is 6. The Balaban J connectivity index is 1.67. The first-order valence-electron chi connectivity index (χ1n) is 9.50. The molecule has 0 aliphatic carbocycles.